The highest BCUT2D eigenvalue weighted by Crippen LogP contribution is 2.15. The fourth-order valence-corrected chi connectivity index (χ4v) is 1.70. The van der Waals surface area contributed by atoms with Gasteiger partial charge in [-0.05, 0) is 35.4 Å². The van der Waals surface area contributed by atoms with Gasteiger partial charge in [0.1, 0.15) is 11.5 Å². The lowest BCUT2D eigenvalue weighted by atomic mass is 10.2. The molecule has 0 saturated heterocycles. The van der Waals surface area contributed by atoms with Crippen LogP contribution in [0.1, 0.15) is 5.56 Å². The van der Waals surface area contributed by atoms with Crippen molar-refractivity contribution in [3.63, 3.8) is 0 Å². The van der Waals surface area contributed by atoms with Gasteiger partial charge in [-0.3, -0.25) is 4.79 Å². The molecule has 2 aromatic rings. The van der Waals surface area contributed by atoms with Crippen LogP contribution in [0.25, 0.3) is 6.08 Å². The van der Waals surface area contributed by atoms with Crippen LogP contribution in [0.2, 0.25) is 0 Å². The van der Waals surface area contributed by atoms with E-state index in [0.29, 0.717) is 11.5 Å². The maximum atomic E-state index is 11.0. The van der Waals surface area contributed by atoms with Crippen LogP contribution in [0.3, 0.4) is 0 Å². The minimum absolute atomic E-state index is 0.389. The maximum absolute atomic E-state index is 11.0. The van der Waals surface area contributed by atoms with E-state index in [9.17, 15) is 4.79 Å². The third-order valence-corrected chi connectivity index (χ3v) is 2.58. The van der Waals surface area contributed by atoms with Crippen LogP contribution in [-0.4, -0.2) is 5.24 Å². The maximum Gasteiger partial charge on any atom is 0.248 e. The molecule has 2 aromatic carbocycles. The molecule has 0 aliphatic rings. The third kappa shape index (κ3) is 4.75. The lowest BCUT2D eigenvalue weighted by molar-refractivity contribution is -0.107. The molecular weight excluding hydrogens is 272 g/mol. The van der Waals surface area contributed by atoms with E-state index in [0.717, 1.165) is 5.56 Å². The van der Waals surface area contributed by atoms with Crippen LogP contribution in [-0.2, 0) is 4.79 Å². The molecule has 0 bridgehead atoms. The standard InChI is InChI=1S/C17H13ClO2/c18-17(19)13-16(20-15-9-5-2-6-10-15)12-11-14-7-3-1-4-8-14/h1-13H. The average Bonchev–Trinajstić information content (AvgIpc) is 2.46. The summed E-state index contributed by atoms with van der Waals surface area (Å²) in [6, 6.07) is 19.0. The first-order valence-electron chi connectivity index (χ1n) is 6.11. The summed E-state index contributed by atoms with van der Waals surface area (Å²) in [6.45, 7) is 0. The van der Waals surface area contributed by atoms with Crippen molar-refractivity contribution < 1.29 is 9.53 Å². The quantitative estimate of drug-likeness (QED) is 0.351. The summed E-state index contributed by atoms with van der Waals surface area (Å²) in [4.78, 5) is 11.0. The van der Waals surface area contributed by atoms with E-state index in [1.807, 2.05) is 66.7 Å². The van der Waals surface area contributed by atoms with Gasteiger partial charge in [0.25, 0.3) is 0 Å². The minimum Gasteiger partial charge on any atom is -0.457 e. The number of hydrogen-bond donors (Lipinski definition) is 0. The highest BCUT2D eigenvalue weighted by Gasteiger charge is 2.00. The van der Waals surface area contributed by atoms with E-state index < -0.39 is 5.24 Å². The number of benzene rings is 2. The molecule has 100 valence electrons. The van der Waals surface area contributed by atoms with Crippen LogP contribution in [0.15, 0.2) is 78.6 Å². The number of carbonyl (C=O) groups excluding carboxylic acids is 1. The zero-order valence-electron chi connectivity index (χ0n) is 10.7. The predicted molar refractivity (Wildman–Crippen MR) is 81.5 cm³/mol. The fraction of sp³-hybridized carbons (Fsp3) is 0. The van der Waals surface area contributed by atoms with Gasteiger partial charge in [-0.1, -0.05) is 54.6 Å². The zero-order chi connectivity index (χ0) is 14.2. The smallest absolute Gasteiger partial charge is 0.248 e. The van der Waals surface area contributed by atoms with E-state index in [1.54, 1.807) is 6.08 Å². The molecule has 0 aromatic heterocycles. The Hall–Kier alpha value is -2.32. The van der Waals surface area contributed by atoms with Gasteiger partial charge in [-0.15, -0.1) is 0 Å². The van der Waals surface area contributed by atoms with Gasteiger partial charge >= 0.3 is 0 Å². The lowest BCUT2D eigenvalue weighted by Gasteiger charge is -2.05. The van der Waals surface area contributed by atoms with Crippen molar-refractivity contribution in [2.75, 3.05) is 0 Å². The minimum atomic E-state index is -0.575. The van der Waals surface area contributed by atoms with Crippen LogP contribution in [0.5, 0.6) is 5.75 Å². The van der Waals surface area contributed by atoms with Gasteiger partial charge in [-0.2, -0.15) is 0 Å². The van der Waals surface area contributed by atoms with Crippen molar-refractivity contribution in [3.05, 3.63) is 84.1 Å². The monoisotopic (exact) mass is 284 g/mol. The molecule has 0 radical (unpaired) electrons. The summed E-state index contributed by atoms with van der Waals surface area (Å²) in [5, 5.41) is -0.575. The highest BCUT2D eigenvalue weighted by atomic mass is 35.5. The van der Waals surface area contributed by atoms with Gasteiger partial charge in [0.05, 0.1) is 0 Å². The Bertz CT molecular complexity index is 616. The molecule has 2 rings (SSSR count). The van der Waals surface area contributed by atoms with Gasteiger partial charge in [0, 0.05) is 6.08 Å². The molecule has 2 nitrogen and oxygen atoms in total. The highest BCUT2D eigenvalue weighted by molar-refractivity contribution is 6.66. The number of rotatable bonds is 5. The molecule has 0 N–H and O–H groups in total. The Balaban J connectivity index is 2.17. The number of ether oxygens (including phenoxy) is 1. The molecule has 0 unspecified atom stereocenters. The van der Waals surface area contributed by atoms with Crippen molar-refractivity contribution in [2.24, 2.45) is 0 Å². The van der Waals surface area contributed by atoms with Crippen LogP contribution in [0, 0.1) is 0 Å². The number of para-hydroxylation sites is 1. The van der Waals surface area contributed by atoms with Crippen LogP contribution in [0.4, 0.5) is 0 Å². The van der Waals surface area contributed by atoms with E-state index in [4.69, 9.17) is 16.3 Å². The van der Waals surface area contributed by atoms with E-state index in [2.05, 4.69) is 0 Å². The molecule has 0 aliphatic heterocycles. The van der Waals surface area contributed by atoms with Gasteiger partial charge in [0.2, 0.25) is 5.24 Å². The average molecular weight is 285 g/mol. The van der Waals surface area contributed by atoms with Gasteiger partial charge < -0.3 is 4.74 Å². The van der Waals surface area contributed by atoms with Crippen molar-refractivity contribution in [1.29, 1.82) is 0 Å². The Kier molecular flexibility index (Phi) is 5.15. The first-order valence-corrected chi connectivity index (χ1v) is 6.49. The second-order valence-electron chi connectivity index (χ2n) is 4.01. The number of halogens is 1. The second-order valence-corrected chi connectivity index (χ2v) is 4.38. The van der Waals surface area contributed by atoms with Crippen LogP contribution >= 0.6 is 11.6 Å². The second kappa shape index (κ2) is 7.31. The molecule has 0 saturated carbocycles. The SMILES string of the molecule is O=C(Cl)C=C(C=Cc1ccccc1)Oc1ccccc1. The Morgan fingerprint density at radius 3 is 2.15 bits per heavy atom. The first-order chi connectivity index (χ1) is 9.74. The van der Waals surface area contributed by atoms with E-state index in [-0.39, 0.29) is 0 Å². The van der Waals surface area contributed by atoms with E-state index >= 15 is 0 Å². The lowest BCUT2D eigenvalue weighted by Crippen LogP contribution is -1.94. The molecule has 0 amide bonds. The molecule has 0 fully saturated rings. The molecule has 0 heterocycles. The summed E-state index contributed by atoms with van der Waals surface area (Å²) < 4.78 is 5.62. The summed E-state index contributed by atoms with van der Waals surface area (Å²) in [5.74, 6) is 1.04. The fourth-order valence-electron chi connectivity index (χ4n) is 1.59. The Morgan fingerprint density at radius 1 is 0.950 bits per heavy atom. The van der Waals surface area contributed by atoms with Crippen molar-refractivity contribution in [1.82, 2.24) is 0 Å². The Morgan fingerprint density at radius 2 is 1.55 bits per heavy atom. The van der Waals surface area contributed by atoms with Crippen molar-refractivity contribution >= 4 is 22.9 Å². The molecule has 3 heteroatoms. The molecular formula is C17H13ClO2. The molecule has 0 spiro atoms. The van der Waals surface area contributed by atoms with Gasteiger partial charge in [-0.25, -0.2) is 0 Å². The van der Waals surface area contributed by atoms with E-state index in [1.165, 1.54) is 6.08 Å². The number of allylic oxidation sites excluding steroid dienone is 2. The van der Waals surface area contributed by atoms with Crippen molar-refractivity contribution in [2.45, 2.75) is 0 Å². The molecule has 20 heavy (non-hydrogen) atoms. The third-order valence-electron chi connectivity index (χ3n) is 2.47. The first kappa shape index (κ1) is 14.1. The summed E-state index contributed by atoms with van der Waals surface area (Å²) in [5.41, 5.74) is 1.01. The summed E-state index contributed by atoms with van der Waals surface area (Å²) in [6.07, 6.45) is 4.81. The normalized spacial score (nSPS) is 11.6. The predicted octanol–water partition coefficient (Wildman–Crippen LogP) is 4.43. The largest absolute Gasteiger partial charge is 0.457 e. The topological polar surface area (TPSA) is 26.3 Å². The Labute approximate surface area is 123 Å². The zero-order valence-corrected chi connectivity index (χ0v) is 11.5. The number of carbonyl (C=O) groups is 1. The summed E-state index contributed by atoms with van der Waals surface area (Å²) in [7, 11) is 0. The molecule has 0 atom stereocenters. The van der Waals surface area contributed by atoms with Crippen molar-refractivity contribution in [3.8, 4) is 5.75 Å². The van der Waals surface area contributed by atoms with Crippen LogP contribution < -0.4 is 4.74 Å². The van der Waals surface area contributed by atoms with Gasteiger partial charge in [0.15, 0.2) is 0 Å². The summed E-state index contributed by atoms with van der Waals surface area (Å²) >= 11 is 5.39. The number of hydrogen-bond acceptors (Lipinski definition) is 2. The molecule has 0 aliphatic carbocycles.